The number of nitrogens with one attached hydrogen (secondary N) is 1. The second-order valence-electron chi connectivity index (χ2n) is 5.38. The first-order valence-corrected chi connectivity index (χ1v) is 8.96. The molecule has 1 atom stereocenters. The second-order valence-corrected chi connectivity index (χ2v) is 7.06. The molecule has 0 aliphatic carbocycles. The minimum absolute atomic E-state index is 0.0245. The lowest BCUT2D eigenvalue weighted by atomic mass is 10.1. The van der Waals surface area contributed by atoms with Gasteiger partial charge in [0.15, 0.2) is 0 Å². The topological polar surface area (TPSA) is 101 Å². The Bertz CT molecular complexity index is 1010. The van der Waals surface area contributed by atoms with Crippen molar-refractivity contribution in [3.63, 3.8) is 0 Å². The van der Waals surface area contributed by atoms with E-state index in [-0.39, 0.29) is 10.5 Å². The van der Waals surface area contributed by atoms with Crippen LogP contribution in [0.5, 0.6) is 0 Å². The van der Waals surface area contributed by atoms with E-state index >= 15 is 0 Å². The molecule has 0 aliphatic heterocycles. The van der Waals surface area contributed by atoms with Gasteiger partial charge in [0.05, 0.1) is 16.1 Å². The second kappa shape index (κ2) is 6.84. The predicted octanol–water partition coefficient (Wildman–Crippen LogP) is 2.18. The van der Waals surface area contributed by atoms with Gasteiger partial charge in [-0.25, -0.2) is 22.8 Å². The first-order chi connectivity index (χ1) is 12.0. The summed E-state index contributed by atoms with van der Waals surface area (Å²) in [6, 6.07) is 14.9. The molecule has 3 aromatic rings. The molecule has 2 aromatic carbocycles. The van der Waals surface area contributed by atoms with Gasteiger partial charge in [-0.05, 0) is 36.8 Å². The van der Waals surface area contributed by atoms with Crippen LogP contribution in [0.15, 0.2) is 66.1 Å². The third kappa shape index (κ3) is 3.57. The Morgan fingerprint density at radius 1 is 1.16 bits per heavy atom. The summed E-state index contributed by atoms with van der Waals surface area (Å²) in [4.78, 5) is 3.86. The molecule has 0 amide bonds. The zero-order valence-electron chi connectivity index (χ0n) is 13.4. The first kappa shape index (κ1) is 16.8. The molecule has 0 fully saturated rings. The highest BCUT2D eigenvalue weighted by molar-refractivity contribution is 7.89. The van der Waals surface area contributed by atoms with Crippen molar-refractivity contribution in [2.45, 2.75) is 17.9 Å². The molecule has 0 bridgehead atoms. The normalized spacial score (nSPS) is 12.5. The van der Waals surface area contributed by atoms with Gasteiger partial charge in [0.1, 0.15) is 18.7 Å². The summed E-state index contributed by atoms with van der Waals surface area (Å²) in [6.45, 7) is 1.75. The number of rotatable bonds is 5. The van der Waals surface area contributed by atoms with Gasteiger partial charge in [-0.1, -0.05) is 24.3 Å². The largest absolute Gasteiger partial charge is 0.242 e. The average molecular weight is 353 g/mol. The Balaban J connectivity index is 1.82. The molecule has 126 valence electrons. The van der Waals surface area contributed by atoms with Crippen molar-refractivity contribution in [2.24, 2.45) is 0 Å². The molecule has 1 aromatic heterocycles. The molecule has 0 spiro atoms. The lowest BCUT2D eigenvalue weighted by Crippen LogP contribution is -2.27. The summed E-state index contributed by atoms with van der Waals surface area (Å²) in [5.74, 6) is 0. The third-order valence-corrected chi connectivity index (χ3v) is 5.30. The van der Waals surface area contributed by atoms with Gasteiger partial charge in [0.2, 0.25) is 10.0 Å². The quantitative estimate of drug-likeness (QED) is 0.757. The van der Waals surface area contributed by atoms with E-state index in [1.165, 1.54) is 18.5 Å². The van der Waals surface area contributed by atoms with Gasteiger partial charge < -0.3 is 0 Å². The summed E-state index contributed by atoms with van der Waals surface area (Å²) in [7, 11) is -3.80. The van der Waals surface area contributed by atoms with Crippen LogP contribution in [0.25, 0.3) is 5.69 Å². The Labute approximate surface area is 145 Å². The molecule has 7 nitrogen and oxygen atoms in total. The summed E-state index contributed by atoms with van der Waals surface area (Å²) in [5, 5.41) is 13.1. The van der Waals surface area contributed by atoms with E-state index in [1.54, 1.807) is 30.1 Å². The van der Waals surface area contributed by atoms with Crippen LogP contribution in [-0.4, -0.2) is 23.2 Å². The number of sulfonamides is 1. The third-order valence-electron chi connectivity index (χ3n) is 3.71. The molecular formula is C17H15N5O2S. The fraction of sp³-hybridized carbons (Fsp3) is 0.118. The number of hydrogen-bond acceptors (Lipinski definition) is 5. The molecule has 8 heteroatoms. The summed E-state index contributed by atoms with van der Waals surface area (Å²) >= 11 is 0. The summed E-state index contributed by atoms with van der Waals surface area (Å²) in [6.07, 6.45) is 3.03. The summed E-state index contributed by atoms with van der Waals surface area (Å²) in [5.41, 5.74) is 1.73. The zero-order valence-corrected chi connectivity index (χ0v) is 14.2. The monoisotopic (exact) mass is 353 g/mol. The number of aromatic nitrogens is 3. The highest BCUT2D eigenvalue weighted by atomic mass is 32.2. The Hall–Kier alpha value is -3.02. The van der Waals surface area contributed by atoms with Crippen LogP contribution >= 0.6 is 0 Å². The molecule has 1 N–H and O–H groups in total. The maximum absolute atomic E-state index is 12.6. The van der Waals surface area contributed by atoms with E-state index in [1.807, 2.05) is 30.3 Å². The summed E-state index contributed by atoms with van der Waals surface area (Å²) < 4.78 is 29.3. The Morgan fingerprint density at radius 3 is 2.52 bits per heavy atom. The van der Waals surface area contributed by atoms with Crippen molar-refractivity contribution in [1.82, 2.24) is 19.5 Å². The zero-order chi connectivity index (χ0) is 17.9. The molecule has 0 saturated carbocycles. The van der Waals surface area contributed by atoms with Crippen LogP contribution in [0.4, 0.5) is 0 Å². The van der Waals surface area contributed by atoms with Gasteiger partial charge in [-0.2, -0.15) is 10.4 Å². The molecular weight excluding hydrogens is 338 g/mol. The Morgan fingerprint density at radius 2 is 1.88 bits per heavy atom. The van der Waals surface area contributed by atoms with Crippen molar-refractivity contribution in [1.29, 1.82) is 5.26 Å². The van der Waals surface area contributed by atoms with Crippen LogP contribution in [0, 0.1) is 11.3 Å². The standard InChI is InChI=1S/C17H15N5O2S/c1-13(14-6-8-16(9-7-14)22-12-19-11-20-22)21-25(23,24)17-5-3-2-4-15(17)10-18/h2-9,11-13,21H,1H3/t13-/m0/s1. The smallest absolute Gasteiger partial charge is 0.223 e. The molecule has 1 heterocycles. The molecule has 3 rings (SSSR count). The lowest BCUT2D eigenvalue weighted by molar-refractivity contribution is 0.566. The van der Waals surface area contributed by atoms with E-state index in [4.69, 9.17) is 5.26 Å². The van der Waals surface area contributed by atoms with Gasteiger partial charge in [-0.15, -0.1) is 0 Å². The van der Waals surface area contributed by atoms with E-state index in [9.17, 15) is 8.42 Å². The van der Waals surface area contributed by atoms with Gasteiger partial charge in [-0.3, -0.25) is 0 Å². The van der Waals surface area contributed by atoms with Crippen LogP contribution in [-0.2, 0) is 10.0 Å². The van der Waals surface area contributed by atoms with Gasteiger partial charge in [0.25, 0.3) is 0 Å². The van der Waals surface area contributed by atoms with Crippen molar-refractivity contribution >= 4 is 10.0 Å². The van der Waals surface area contributed by atoms with Crippen molar-refractivity contribution < 1.29 is 8.42 Å². The van der Waals surface area contributed by atoms with Gasteiger partial charge in [0, 0.05) is 6.04 Å². The minimum atomic E-state index is -3.80. The predicted molar refractivity (Wildman–Crippen MR) is 91.3 cm³/mol. The van der Waals surface area contributed by atoms with Crippen molar-refractivity contribution in [3.8, 4) is 11.8 Å². The number of nitrogens with zero attached hydrogens (tertiary/aromatic N) is 4. The highest BCUT2D eigenvalue weighted by Gasteiger charge is 2.21. The van der Waals surface area contributed by atoms with Crippen LogP contribution in [0.3, 0.4) is 0 Å². The average Bonchev–Trinajstić information content (AvgIpc) is 3.16. The van der Waals surface area contributed by atoms with E-state index in [0.717, 1.165) is 11.3 Å². The lowest BCUT2D eigenvalue weighted by Gasteiger charge is -2.15. The molecule has 25 heavy (non-hydrogen) atoms. The molecule has 0 saturated heterocycles. The van der Waals surface area contributed by atoms with Crippen LogP contribution in [0.2, 0.25) is 0 Å². The fourth-order valence-electron chi connectivity index (χ4n) is 2.41. The van der Waals surface area contributed by atoms with E-state index < -0.39 is 16.1 Å². The first-order valence-electron chi connectivity index (χ1n) is 7.48. The van der Waals surface area contributed by atoms with E-state index in [0.29, 0.717) is 0 Å². The molecule has 0 aliphatic rings. The molecule has 0 radical (unpaired) electrons. The van der Waals surface area contributed by atoms with Crippen molar-refractivity contribution in [2.75, 3.05) is 0 Å². The van der Waals surface area contributed by atoms with Gasteiger partial charge >= 0.3 is 0 Å². The highest BCUT2D eigenvalue weighted by Crippen LogP contribution is 2.20. The fourth-order valence-corrected chi connectivity index (χ4v) is 3.80. The maximum Gasteiger partial charge on any atom is 0.242 e. The number of benzene rings is 2. The SMILES string of the molecule is C[C@H](NS(=O)(=O)c1ccccc1C#N)c1ccc(-n2cncn2)cc1. The van der Waals surface area contributed by atoms with Crippen LogP contribution < -0.4 is 4.72 Å². The number of nitriles is 1. The molecule has 0 unspecified atom stereocenters. The Kier molecular flexibility index (Phi) is 4.61. The maximum atomic E-state index is 12.6. The number of hydrogen-bond donors (Lipinski definition) is 1. The van der Waals surface area contributed by atoms with E-state index in [2.05, 4.69) is 14.8 Å². The van der Waals surface area contributed by atoms with Crippen molar-refractivity contribution in [3.05, 3.63) is 72.3 Å². The minimum Gasteiger partial charge on any atom is -0.223 e. The van der Waals surface area contributed by atoms with Crippen LogP contribution in [0.1, 0.15) is 24.1 Å².